The SMILES string of the molecule is C=CCOc1c(C=NNC(=O)CC(=O)Nc2ccccc2OC)cccc1OC. The highest BCUT2D eigenvalue weighted by Crippen LogP contribution is 2.30. The zero-order chi connectivity index (χ0) is 21.1. The van der Waals surface area contributed by atoms with Crippen LogP contribution in [0.5, 0.6) is 17.2 Å². The molecule has 2 rings (SSSR count). The molecule has 152 valence electrons. The molecule has 2 aromatic carbocycles. The Morgan fingerprint density at radius 2 is 1.76 bits per heavy atom. The number of carbonyl (C=O) groups excluding carboxylic acids is 2. The minimum atomic E-state index is -0.565. The Balaban J connectivity index is 1.95. The van der Waals surface area contributed by atoms with Gasteiger partial charge in [-0.05, 0) is 24.3 Å². The van der Waals surface area contributed by atoms with Gasteiger partial charge in [0.15, 0.2) is 11.5 Å². The Bertz CT molecular complexity index is 896. The second-order valence-electron chi connectivity index (χ2n) is 5.70. The maximum absolute atomic E-state index is 12.1. The number of hydrogen-bond donors (Lipinski definition) is 2. The van der Waals surface area contributed by atoms with Gasteiger partial charge in [-0.1, -0.05) is 30.9 Å². The Morgan fingerprint density at radius 3 is 2.48 bits per heavy atom. The Kier molecular flexibility index (Phi) is 8.25. The van der Waals surface area contributed by atoms with Crippen LogP contribution < -0.4 is 25.0 Å². The third-order valence-electron chi connectivity index (χ3n) is 3.67. The third-order valence-corrected chi connectivity index (χ3v) is 3.67. The lowest BCUT2D eigenvalue weighted by molar-refractivity contribution is -0.126. The van der Waals surface area contributed by atoms with E-state index in [4.69, 9.17) is 14.2 Å². The molecule has 0 spiro atoms. The van der Waals surface area contributed by atoms with Crippen LogP contribution in [0.4, 0.5) is 5.69 Å². The number of hydrazone groups is 1. The standard InChI is InChI=1S/C21H23N3O5/c1-4-12-29-21-15(8-7-11-18(21)28-3)14-22-24-20(26)13-19(25)23-16-9-5-6-10-17(16)27-2/h4-11,14H,1,12-13H2,2-3H3,(H,23,25)(H,24,26). The van der Waals surface area contributed by atoms with Crippen molar-refractivity contribution >= 4 is 23.7 Å². The van der Waals surface area contributed by atoms with Gasteiger partial charge in [0.1, 0.15) is 18.8 Å². The van der Waals surface area contributed by atoms with Crippen molar-refractivity contribution in [1.29, 1.82) is 0 Å². The molecule has 0 unspecified atom stereocenters. The van der Waals surface area contributed by atoms with Crippen molar-refractivity contribution in [2.75, 3.05) is 26.1 Å². The van der Waals surface area contributed by atoms with Crippen molar-refractivity contribution < 1.29 is 23.8 Å². The fraction of sp³-hybridized carbons (Fsp3) is 0.190. The summed E-state index contributed by atoms with van der Waals surface area (Å²) < 4.78 is 16.0. The molecule has 8 heteroatoms. The Labute approximate surface area is 169 Å². The van der Waals surface area contributed by atoms with Crippen molar-refractivity contribution in [3.63, 3.8) is 0 Å². The Hall–Kier alpha value is -3.81. The minimum absolute atomic E-state index is 0.288. The lowest BCUT2D eigenvalue weighted by Gasteiger charge is -2.11. The summed E-state index contributed by atoms with van der Waals surface area (Å²) in [4.78, 5) is 24.0. The van der Waals surface area contributed by atoms with Gasteiger partial charge in [-0.3, -0.25) is 9.59 Å². The summed E-state index contributed by atoms with van der Waals surface area (Å²) in [5, 5.41) is 6.51. The molecule has 29 heavy (non-hydrogen) atoms. The van der Waals surface area contributed by atoms with E-state index >= 15 is 0 Å². The molecule has 2 aromatic rings. The molecule has 0 aromatic heterocycles. The summed E-state index contributed by atoms with van der Waals surface area (Å²) in [5.41, 5.74) is 3.40. The predicted octanol–water partition coefficient (Wildman–Crippen LogP) is 2.75. The number of hydrogen-bond acceptors (Lipinski definition) is 6. The molecule has 2 N–H and O–H groups in total. The van der Waals surface area contributed by atoms with Crippen LogP contribution in [0.1, 0.15) is 12.0 Å². The van der Waals surface area contributed by atoms with Crippen molar-refractivity contribution in [2.45, 2.75) is 6.42 Å². The molecular formula is C21H23N3O5. The summed E-state index contributed by atoms with van der Waals surface area (Å²) in [7, 11) is 3.02. The summed E-state index contributed by atoms with van der Waals surface area (Å²) >= 11 is 0. The predicted molar refractivity (Wildman–Crippen MR) is 111 cm³/mol. The van der Waals surface area contributed by atoms with Gasteiger partial charge in [-0.15, -0.1) is 0 Å². The molecule has 0 bridgehead atoms. The molecule has 8 nitrogen and oxygen atoms in total. The fourth-order valence-corrected chi connectivity index (χ4v) is 2.39. The smallest absolute Gasteiger partial charge is 0.249 e. The van der Waals surface area contributed by atoms with E-state index in [0.717, 1.165) is 0 Å². The van der Waals surface area contributed by atoms with E-state index in [-0.39, 0.29) is 6.61 Å². The highest BCUT2D eigenvalue weighted by atomic mass is 16.5. The van der Waals surface area contributed by atoms with E-state index < -0.39 is 18.2 Å². The van der Waals surface area contributed by atoms with Gasteiger partial charge in [0.05, 0.1) is 26.1 Å². The molecule has 2 amide bonds. The number of methoxy groups -OCH3 is 2. The van der Waals surface area contributed by atoms with Crippen LogP contribution in [0.15, 0.2) is 60.2 Å². The quantitative estimate of drug-likeness (QED) is 0.278. The minimum Gasteiger partial charge on any atom is -0.495 e. The monoisotopic (exact) mass is 397 g/mol. The lowest BCUT2D eigenvalue weighted by atomic mass is 10.2. The summed E-state index contributed by atoms with van der Waals surface area (Å²) in [5.74, 6) is 0.452. The molecule has 0 saturated carbocycles. The van der Waals surface area contributed by atoms with E-state index in [9.17, 15) is 9.59 Å². The second kappa shape index (κ2) is 11.1. The largest absolute Gasteiger partial charge is 0.495 e. The van der Waals surface area contributed by atoms with Crippen LogP contribution in [-0.2, 0) is 9.59 Å². The third kappa shape index (κ3) is 6.39. The second-order valence-corrected chi connectivity index (χ2v) is 5.70. The first-order valence-electron chi connectivity index (χ1n) is 8.74. The van der Waals surface area contributed by atoms with E-state index in [1.54, 1.807) is 48.5 Å². The number of anilines is 1. The van der Waals surface area contributed by atoms with Gasteiger partial charge in [0.2, 0.25) is 11.8 Å². The summed E-state index contributed by atoms with van der Waals surface area (Å²) in [6, 6.07) is 12.2. The van der Waals surface area contributed by atoms with Crippen molar-refractivity contribution in [2.24, 2.45) is 5.10 Å². The van der Waals surface area contributed by atoms with Crippen LogP contribution >= 0.6 is 0 Å². The number of para-hydroxylation sites is 3. The normalized spacial score (nSPS) is 10.3. The van der Waals surface area contributed by atoms with Crippen LogP contribution in [0.25, 0.3) is 0 Å². The molecule has 0 aliphatic carbocycles. The number of nitrogens with one attached hydrogen (secondary N) is 2. The molecule has 0 atom stereocenters. The number of rotatable bonds is 10. The molecular weight excluding hydrogens is 374 g/mol. The lowest BCUT2D eigenvalue weighted by Crippen LogP contribution is -2.24. The number of ether oxygens (including phenoxy) is 3. The van der Waals surface area contributed by atoms with Gasteiger partial charge >= 0.3 is 0 Å². The first-order chi connectivity index (χ1) is 14.1. The molecule has 0 saturated heterocycles. The van der Waals surface area contributed by atoms with E-state index in [1.165, 1.54) is 20.4 Å². The van der Waals surface area contributed by atoms with Gasteiger partial charge in [-0.2, -0.15) is 5.10 Å². The van der Waals surface area contributed by atoms with Gasteiger partial charge < -0.3 is 19.5 Å². The van der Waals surface area contributed by atoms with Gasteiger partial charge in [0.25, 0.3) is 0 Å². The molecule has 0 aliphatic heterocycles. The van der Waals surface area contributed by atoms with E-state index in [0.29, 0.717) is 28.5 Å². The van der Waals surface area contributed by atoms with Crippen molar-refractivity contribution in [1.82, 2.24) is 5.43 Å². The molecule has 0 radical (unpaired) electrons. The average molecular weight is 397 g/mol. The molecule has 0 heterocycles. The first-order valence-corrected chi connectivity index (χ1v) is 8.74. The zero-order valence-electron chi connectivity index (χ0n) is 16.3. The highest BCUT2D eigenvalue weighted by molar-refractivity contribution is 6.04. The number of benzene rings is 2. The van der Waals surface area contributed by atoms with Crippen LogP contribution in [-0.4, -0.2) is 38.9 Å². The zero-order valence-corrected chi connectivity index (χ0v) is 16.3. The van der Waals surface area contributed by atoms with E-state index in [1.807, 2.05) is 0 Å². The van der Waals surface area contributed by atoms with E-state index in [2.05, 4.69) is 22.4 Å². The maximum Gasteiger partial charge on any atom is 0.249 e. The number of amides is 2. The topological polar surface area (TPSA) is 98.2 Å². The molecule has 0 aliphatic rings. The maximum atomic E-state index is 12.1. The first kappa shape index (κ1) is 21.5. The fourth-order valence-electron chi connectivity index (χ4n) is 2.39. The highest BCUT2D eigenvalue weighted by Gasteiger charge is 2.12. The van der Waals surface area contributed by atoms with Gasteiger partial charge in [0, 0.05) is 5.56 Å². The van der Waals surface area contributed by atoms with Crippen LogP contribution in [0, 0.1) is 0 Å². The average Bonchev–Trinajstić information content (AvgIpc) is 2.72. The Morgan fingerprint density at radius 1 is 1.03 bits per heavy atom. The van der Waals surface area contributed by atoms with Crippen molar-refractivity contribution in [3.05, 3.63) is 60.7 Å². The number of carbonyl (C=O) groups is 2. The molecule has 0 fully saturated rings. The summed E-state index contributed by atoms with van der Waals surface area (Å²) in [6.45, 7) is 3.90. The number of nitrogens with zero attached hydrogens (tertiary/aromatic N) is 1. The van der Waals surface area contributed by atoms with Crippen molar-refractivity contribution in [3.8, 4) is 17.2 Å². The van der Waals surface area contributed by atoms with Gasteiger partial charge in [-0.25, -0.2) is 5.43 Å². The van der Waals surface area contributed by atoms with Crippen LogP contribution in [0.2, 0.25) is 0 Å². The van der Waals surface area contributed by atoms with Crippen LogP contribution in [0.3, 0.4) is 0 Å². The summed E-state index contributed by atoms with van der Waals surface area (Å²) in [6.07, 6.45) is 2.62.